The average molecular weight is 298 g/mol. The van der Waals surface area contributed by atoms with Gasteiger partial charge in [-0.25, -0.2) is 0 Å². The quantitative estimate of drug-likeness (QED) is 0.931. The van der Waals surface area contributed by atoms with Gasteiger partial charge in [0.05, 0.1) is 22.0 Å². The molecule has 2 unspecified atom stereocenters. The standard InChI is InChI=1S/C15H24ClN3O/c1-3-19-13(14(16)11(2)17-19)10-15(20)6-8-18-7-4-5-12(18)9-15/h12,20H,3-10H2,1-2H3. The molecule has 2 aliphatic rings. The van der Waals surface area contributed by atoms with Gasteiger partial charge in [0.15, 0.2) is 0 Å². The number of piperidine rings is 1. The molecule has 2 aliphatic heterocycles. The van der Waals surface area contributed by atoms with Crippen LogP contribution in [0.3, 0.4) is 0 Å². The molecule has 0 aromatic carbocycles. The van der Waals surface area contributed by atoms with Crippen molar-refractivity contribution in [2.75, 3.05) is 13.1 Å². The molecule has 3 heterocycles. The minimum Gasteiger partial charge on any atom is -0.389 e. The maximum atomic E-state index is 11.0. The Morgan fingerprint density at radius 1 is 1.45 bits per heavy atom. The summed E-state index contributed by atoms with van der Waals surface area (Å²) >= 11 is 6.38. The Morgan fingerprint density at radius 3 is 3.00 bits per heavy atom. The lowest BCUT2D eigenvalue weighted by Gasteiger charge is -2.41. The van der Waals surface area contributed by atoms with Gasteiger partial charge < -0.3 is 10.0 Å². The van der Waals surface area contributed by atoms with Crippen LogP contribution in [-0.2, 0) is 13.0 Å². The molecule has 0 aliphatic carbocycles. The van der Waals surface area contributed by atoms with Crippen LogP contribution in [0.25, 0.3) is 0 Å². The monoisotopic (exact) mass is 297 g/mol. The topological polar surface area (TPSA) is 41.3 Å². The van der Waals surface area contributed by atoms with Gasteiger partial charge in [-0.3, -0.25) is 4.68 Å². The molecule has 1 N–H and O–H groups in total. The van der Waals surface area contributed by atoms with Crippen LogP contribution in [0.1, 0.15) is 44.0 Å². The van der Waals surface area contributed by atoms with Gasteiger partial charge in [0, 0.05) is 25.6 Å². The minimum atomic E-state index is -0.617. The number of halogens is 1. The molecule has 112 valence electrons. The maximum absolute atomic E-state index is 11.0. The van der Waals surface area contributed by atoms with E-state index < -0.39 is 5.60 Å². The molecule has 0 bridgehead atoms. The van der Waals surface area contributed by atoms with Gasteiger partial charge in [-0.1, -0.05) is 11.6 Å². The largest absolute Gasteiger partial charge is 0.389 e. The van der Waals surface area contributed by atoms with Crippen molar-refractivity contribution in [2.45, 2.75) is 64.1 Å². The molecule has 2 saturated heterocycles. The van der Waals surface area contributed by atoms with Crippen LogP contribution in [0.5, 0.6) is 0 Å². The minimum absolute atomic E-state index is 0.562. The third-order valence-electron chi connectivity index (χ3n) is 4.93. The third-order valence-corrected chi connectivity index (χ3v) is 5.42. The van der Waals surface area contributed by atoms with E-state index in [1.165, 1.54) is 19.4 Å². The second kappa shape index (κ2) is 5.32. The van der Waals surface area contributed by atoms with E-state index in [1.54, 1.807) is 0 Å². The number of aryl methyl sites for hydroxylation is 2. The predicted octanol–water partition coefficient (Wildman–Crippen LogP) is 2.40. The van der Waals surface area contributed by atoms with Crippen LogP contribution >= 0.6 is 11.6 Å². The Bertz CT molecular complexity index is 502. The van der Waals surface area contributed by atoms with Crippen LogP contribution in [-0.4, -0.2) is 44.5 Å². The molecule has 0 spiro atoms. The Kier molecular flexibility index (Phi) is 3.82. The molecular formula is C15H24ClN3O. The van der Waals surface area contributed by atoms with Crippen molar-refractivity contribution in [3.63, 3.8) is 0 Å². The van der Waals surface area contributed by atoms with E-state index in [2.05, 4.69) is 16.9 Å². The van der Waals surface area contributed by atoms with Crippen molar-refractivity contribution in [3.05, 3.63) is 16.4 Å². The van der Waals surface area contributed by atoms with Gasteiger partial charge in [-0.2, -0.15) is 5.10 Å². The van der Waals surface area contributed by atoms with Crippen LogP contribution in [0.15, 0.2) is 0 Å². The molecule has 0 amide bonds. The summed E-state index contributed by atoms with van der Waals surface area (Å²) < 4.78 is 1.94. The van der Waals surface area contributed by atoms with Gasteiger partial charge in [0.1, 0.15) is 0 Å². The number of rotatable bonds is 3. The Labute approximate surface area is 125 Å². The average Bonchev–Trinajstić information content (AvgIpc) is 2.97. The first kappa shape index (κ1) is 14.4. The molecule has 2 atom stereocenters. The fraction of sp³-hybridized carbons (Fsp3) is 0.800. The summed E-state index contributed by atoms with van der Waals surface area (Å²) in [6.45, 7) is 7.01. The van der Waals surface area contributed by atoms with Crippen molar-refractivity contribution >= 4 is 11.6 Å². The van der Waals surface area contributed by atoms with E-state index in [9.17, 15) is 5.11 Å². The van der Waals surface area contributed by atoms with Crippen molar-refractivity contribution < 1.29 is 5.11 Å². The lowest BCUT2D eigenvalue weighted by molar-refractivity contribution is -0.0366. The highest BCUT2D eigenvalue weighted by Gasteiger charge is 2.41. The first-order chi connectivity index (χ1) is 9.52. The predicted molar refractivity (Wildman–Crippen MR) is 80.1 cm³/mol. The number of hydrogen-bond acceptors (Lipinski definition) is 3. The number of nitrogens with zero attached hydrogens (tertiary/aromatic N) is 3. The van der Waals surface area contributed by atoms with E-state index in [0.29, 0.717) is 12.5 Å². The van der Waals surface area contributed by atoms with Crippen LogP contribution < -0.4 is 0 Å². The molecule has 1 aromatic rings. The summed E-state index contributed by atoms with van der Waals surface area (Å²) in [4.78, 5) is 2.53. The first-order valence-electron chi connectivity index (χ1n) is 7.70. The number of aliphatic hydroxyl groups is 1. The fourth-order valence-electron chi connectivity index (χ4n) is 3.82. The van der Waals surface area contributed by atoms with Gasteiger partial charge in [-0.15, -0.1) is 0 Å². The zero-order chi connectivity index (χ0) is 14.3. The summed E-state index contributed by atoms with van der Waals surface area (Å²) in [5, 5.41) is 16.2. The SMILES string of the molecule is CCn1nc(C)c(Cl)c1CC1(O)CCN2CCCC2C1. The highest BCUT2D eigenvalue weighted by Crippen LogP contribution is 2.36. The molecule has 5 heteroatoms. The molecule has 4 nitrogen and oxygen atoms in total. The Morgan fingerprint density at radius 2 is 2.25 bits per heavy atom. The van der Waals surface area contributed by atoms with Crippen molar-refractivity contribution in [1.82, 2.24) is 14.7 Å². The van der Waals surface area contributed by atoms with Crippen molar-refractivity contribution in [2.24, 2.45) is 0 Å². The van der Waals surface area contributed by atoms with E-state index >= 15 is 0 Å². The highest BCUT2D eigenvalue weighted by molar-refractivity contribution is 6.31. The second-order valence-electron chi connectivity index (χ2n) is 6.35. The third kappa shape index (κ3) is 2.49. The molecule has 3 rings (SSSR count). The van der Waals surface area contributed by atoms with Crippen LogP contribution in [0, 0.1) is 6.92 Å². The normalized spacial score (nSPS) is 30.7. The summed E-state index contributed by atoms with van der Waals surface area (Å²) in [7, 11) is 0. The molecule has 0 radical (unpaired) electrons. The van der Waals surface area contributed by atoms with E-state index in [-0.39, 0.29) is 0 Å². The molecular weight excluding hydrogens is 274 g/mol. The molecule has 2 fully saturated rings. The number of fused-ring (bicyclic) bond motifs is 1. The van der Waals surface area contributed by atoms with E-state index in [0.717, 1.165) is 42.3 Å². The molecule has 0 saturated carbocycles. The summed E-state index contributed by atoms with van der Waals surface area (Å²) in [5.74, 6) is 0. The Hall–Kier alpha value is -0.580. The summed E-state index contributed by atoms with van der Waals surface area (Å²) in [6.07, 6.45) is 4.84. The highest BCUT2D eigenvalue weighted by atomic mass is 35.5. The summed E-state index contributed by atoms with van der Waals surface area (Å²) in [5.41, 5.74) is 1.25. The number of hydrogen-bond donors (Lipinski definition) is 1. The van der Waals surface area contributed by atoms with Gasteiger partial charge in [-0.05, 0) is 46.1 Å². The Balaban J connectivity index is 1.80. The van der Waals surface area contributed by atoms with Crippen LogP contribution in [0.4, 0.5) is 0 Å². The van der Waals surface area contributed by atoms with Gasteiger partial charge in [0.25, 0.3) is 0 Å². The maximum Gasteiger partial charge on any atom is 0.0848 e. The van der Waals surface area contributed by atoms with Gasteiger partial charge >= 0.3 is 0 Å². The second-order valence-corrected chi connectivity index (χ2v) is 6.73. The van der Waals surface area contributed by atoms with Gasteiger partial charge in [0.2, 0.25) is 0 Å². The summed E-state index contributed by atoms with van der Waals surface area (Å²) in [6, 6.07) is 0.562. The number of aromatic nitrogens is 2. The molecule has 1 aromatic heterocycles. The lowest BCUT2D eigenvalue weighted by atomic mass is 9.83. The smallest absolute Gasteiger partial charge is 0.0848 e. The first-order valence-corrected chi connectivity index (χ1v) is 8.08. The lowest BCUT2D eigenvalue weighted by Crippen LogP contribution is -2.49. The van der Waals surface area contributed by atoms with E-state index in [4.69, 9.17) is 11.6 Å². The molecule has 20 heavy (non-hydrogen) atoms. The zero-order valence-corrected chi connectivity index (χ0v) is 13.2. The van der Waals surface area contributed by atoms with E-state index in [1.807, 2.05) is 11.6 Å². The van der Waals surface area contributed by atoms with Crippen molar-refractivity contribution in [1.29, 1.82) is 0 Å². The fourth-order valence-corrected chi connectivity index (χ4v) is 4.03. The van der Waals surface area contributed by atoms with Crippen LogP contribution in [0.2, 0.25) is 5.02 Å². The van der Waals surface area contributed by atoms with Crippen molar-refractivity contribution in [3.8, 4) is 0 Å². The zero-order valence-electron chi connectivity index (χ0n) is 12.4.